The molecule has 8 aliphatic rings. The first-order valence-corrected chi connectivity index (χ1v) is 35.6. The highest BCUT2D eigenvalue weighted by Gasteiger charge is 2.37. The molecule has 4 fully saturated rings. The highest BCUT2D eigenvalue weighted by molar-refractivity contribution is 9.03. The molecule has 14 bridgehead atoms. The molecule has 0 amide bonds. The SMILES string of the molecule is C1SSC[C@H]2CC3C[C@@H](CSSCC4CC5CS/S6=S(/C3)SCC3C[C@@H](CSSC[C@@H]7CC1CC(C7)C6)C[C@@H](CSSC[C@@H](C4)C5)C3)C2. The Kier molecular flexibility index (Phi) is 16.3. The second-order valence-corrected chi connectivity index (χ2v) is 37.7. The number of hydrogen-bond donors (Lipinski definition) is 0. The van der Waals surface area contributed by atoms with Gasteiger partial charge in [-0.2, -0.15) is 0 Å². The van der Waals surface area contributed by atoms with Crippen LogP contribution in [0.4, 0.5) is 0 Å². The molecular weight excluding hydrogens is 817 g/mol. The maximum Gasteiger partial charge on any atom is 0.00655 e. The van der Waals surface area contributed by atoms with Gasteiger partial charge in [0, 0.05) is 69.0 Å². The van der Waals surface area contributed by atoms with Crippen molar-refractivity contribution in [1.82, 2.24) is 0 Å². The van der Waals surface area contributed by atoms with E-state index >= 15 is 0 Å². The summed E-state index contributed by atoms with van der Waals surface area (Å²) in [5.41, 5.74) is 0. The van der Waals surface area contributed by atoms with Gasteiger partial charge in [-0.1, -0.05) is 125 Å². The van der Waals surface area contributed by atoms with E-state index in [9.17, 15) is 0 Å². The smallest absolute Gasteiger partial charge is 0.00655 e. The van der Waals surface area contributed by atoms with Crippen molar-refractivity contribution in [2.24, 2.45) is 71.0 Å². The van der Waals surface area contributed by atoms with E-state index in [0.717, 1.165) is 71.0 Å². The molecule has 48 heavy (non-hydrogen) atoms. The highest BCUT2D eigenvalue weighted by atomic mass is 33.5. The van der Waals surface area contributed by atoms with Gasteiger partial charge in [-0.25, -0.2) is 0 Å². The largest absolute Gasteiger partial charge is 0.0939 e. The van der Waals surface area contributed by atoms with Crippen molar-refractivity contribution >= 4 is 125 Å². The molecule has 4 aliphatic heterocycles. The lowest BCUT2D eigenvalue weighted by atomic mass is 9.77. The topological polar surface area (TPSA) is 0 Å². The number of rotatable bonds is 0. The third-order valence-corrected chi connectivity index (χ3v) is 37.8. The summed E-state index contributed by atoms with van der Waals surface area (Å²) in [6.07, 6.45) is 18.6. The van der Waals surface area contributed by atoms with E-state index < -0.39 is 0 Å². The Morgan fingerprint density at radius 1 is 0.229 bits per heavy atom. The van der Waals surface area contributed by atoms with Gasteiger partial charge in [0.1, 0.15) is 0 Å². The fourth-order valence-electron chi connectivity index (χ4n) is 10.7. The molecule has 8 rings (SSSR count). The van der Waals surface area contributed by atoms with Crippen LogP contribution < -0.4 is 0 Å². The van der Waals surface area contributed by atoms with Crippen LogP contribution in [0.1, 0.15) is 77.0 Å². The van der Waals surface area contributed by atoms with Crippen molar-refractivity contribution in [2.45, 2.75) is 77.0 Å². The molecule has 0 radical (unpaired) electrons. The fourth-order valence-corrected chi connectivity index (χ4v) is 37.9. The summed E-state index contributed by atoms with van der Waals surface area (Å²) in [6, 6.07) is 0. The lowest BCUT2D eigenvalue weighted by Gasteiger charge is -2.38. The molecule has 0 spiro atoms. The van der Waals surface area contributed by atoms with Crippen LogP contribution in [0.2, 0.25) is 0 Å². The van der Waals surface area contributed by atoms with E-state index in [4.69, 9.17) is 0 Å². The predicted octanol–water partition coefficient (Wildman–Crippen LogP) is 13.1. The van der Waals surface area contributed by atoms with Crippen LogP contribution in [0.15, 0.2) is 0 Å². The van der Waals surface area contributed by atoms with Crippen LogP contribution in [0.3, 0.4) is 0 Å². The normalized spacial score (nSPS) is 48.5. The van der Waals surface area contributed by atoms with Crippen LogP contribution in [-0.4, -0.2) is 69.0 Å². The Morgan fingerprint density at radius 3 is 0.646 bits per heavy atom. The molecule has 0 N–H and O–H groups in total. The summed E-state index contributed by atoms with van der Waals surface area (Å²) in [4.78, 5) is 0. The zero-order chi connectivity index (χ0) is 32.1. The lowest BCUT2D eigenvalue weighted by molar-refractivity contribution is 0.242. The van der Waals surface area contributed by atoms with Gasteiger partial charge >= 0.3 is 0 Å². The first-order valence-electron chi connectivity index (χ1n) is 19.3. The third kappa shape index (κ3) is 11.6. The van der Waals surface area contributed by atoms with Gasteiger partial charge in [0.2, 0.25) is 0 Å². The second-order valence-electron chi connectivity index (χ2n) is 17.0. The van der Waals surface area contributed by atoms with Gasteiger partial charge in [0.25, 0.3) is 0 Å². The zero-order valence-corrected chi connectivity index (χ0v) is 38.6. The summed E-state index contributed by atoms with van der Waals surface area (Å²) in [6.45, 7) is 0. The van der Waals surface area contributed by atoms with E-state index in [-0.39, 0.29) is 0 Å². The van der Waals surface area contributed by atoms with Gasteiger partial charge in [-0.3, -0.25) is 0 Å². The Hall–Kier alpha value is 4.20. The summed E-state index contributed by atoms with van der Waals surface area (Å²) in [7, 11) is 24.8. The summed E-state index contributed by atoms with van der Waals surface area (Å²) >= 11 is 0. The van der Waals surface area contributed by atoms with Crippen molar-refractivity contribution in [1.29, 1.82) is 0 Å². The Labute approximate surface area is 338 Å². The molecule has 12 heteroatoms. The molecule has 0 saturated heterocycles. The van der Waals surface area contributed by atoms with Crippen LogP contribution in [-0.2, 0) is 17.0 Å². The monoisotopic (exact) mass is 876 g/mol. The fraction of sp³-hybridized carbons (Fsp3) is 1.00. The Balaban J connectivity index is 1.18. The molecule has 4 heterocycles. The van der Waals surface area contributed by atoms with Gasteiger partial charge in [0.05, 0.1) is 0 Å². The van der Waals surface area contributed by atoms with E-state index in [1.807, 2.05) is 0 Å². The van der Waals surface area contributed by atoms with E-state index in [0.29, 0.717) is 17.0 Å². The standard InChI is InChI=1S/C36H60S12/c1-25-5-33-7-27(1)15-39-41-17-29-3-31-11-35(9-29)24-48-46-22-34-6-26(14-38-37-13-25)2-28(8-34)16-40-42-18-30-4-32(20-44-43-19-31)12-36(10-30)23-47(48)45-21-33/h25-36H,1-24H2/t25-,26+,27+,28?,29-,30+,31?,32-,33?,34?,35?,36?,47?,48?/m1/s1. The molecule has 0 aromatic heterocycles. The van der Waals surface area contributed by atoms with Gasteiger partial charge in [0.15, 0.2) is 0 Å². The van der Waals surface area contributed by atoms with Crippen molar-refractivity contribution in [3.63, 3.8) is 0 Å². The maximum atomic E-state index is 2.61. The van der Waals surface area contributed by atoms with Crippen LogP contribution in [0.25, 0.3) is 0 Å². The maximum absolute atomic E-state index is 2.61. The average Bonchev–Trinajstić information content (AvgIpc) is 3.08. The van der Waals surface area contributed by atoms with Crippen LogP contribution >= 0.6 is 108 Å². The minimum atomic E-state index is 0.552. The first kappa shape index (κ1) is 39.0. The number of fused-ring (bicyclic) bond motifs is 10. The van der Waals surface area contributed by atoms with Gasteiger partial charge in [-0.05, 0) is 148 Å². The second kappa shape index (κ2) is 20.1. The third-order valence-electron chi connectivity index (χ3n) is 12.6. The molecular formula is C36H60S12. The van der Waals surface area contributed by atoms with Gasteiger partial charge < -0.3 is 0 Å². The van der Waals surface area contributed by atoms with Crippen molar-refractivity contribution in [2.75, 3.05) is 69.0 Å². The number of hydrogen-bond acceptors (Lipinski definition) is 10. The predicted molar refractivity (Wildman–Crippen MR) is 246 cm³/mol. The zero-order valence-electron chi connectivity index (χ0n) is 28.8. The summed E-state index contributed by atoms with van der Waals surface area (Å²) in [5, 5.41) is 0. The minimum absolute atomic E-state index is 0.552. The summed E-state index contributed by atoms with van der Waals surface area (Å²) in [5.74, 6) is 29.5. The summed E-state index contributed by atoms with van der Waals surface area (Å²) < 4.78 is 0. The first-order chi connectivity index (χ1) is 23.7. The molecule has 276 valence electrons. The van der Waals surface area contributed by atoms with Crippen LogP contribution in [0, 0.1) is 71.0 Å². The molecule has 0 aromatic rings. The Bertz CT molecular complexity index is 978. The Morgan fingerprint density at radius 2 is 0.417 bits per heavy atom. The average molecular weight is 878 g/mol. The minimum Gasteiger partial charge on any atom is -0.0939 e. The van der Waals surface area contributed by atoms with Crippen molar-refractivity contribution in [3.05, 3.63) is 0 Å². The highest BCUT2D eigenvalue weighted by Crippen LogP contribution is 2.50. The van der Waals surface area contributed by atoms with E-state index in [1.54, 1.807) is 62.9 Å². The van der Waals surface area contributed by atoms with Crippen molar-refractivity contribution < 1.29 is 0 Å². The van der Waals surface area contributed by atoms with Gasteiger partial charge in [-0.15, -0.1) is 0 Å². The molecule has 0 nitrogen and oxygen atoms in total. The molecule has 0 aromatic carbocycles. The van der Waals surface area contributed by atoms with E-state index in [2.05, 4.69) is 108 Å². The van der Waals surface area contributed by atoms with Crippen LogP contribution in [0.5, 0.6) is 0 Å². The van der Waals surface area contributed by atoms with Crippen molar-refractivity contribution in [3.8, 4) is 0 Å². The molecule has 8 unspecified atom stereocenters. The molecule has 4 saturated carbocycles. The molecule has 4 aliphatic carbocycles. The quantitative estimate of drug-likeness (QED) is 0.215. The molecule has 14 atom stereocenters. The lowest BCUT2D eigenvalue weighted by Crippen LogP contribution is -2.31. The van der Waals surface area contributed by atoms with E-state index in [1.165, 1.54) is 83.2 Å².